The highest BCUT2D eigenvalue weighted by atomic mass is 19.1. The fraction of sp³-hybridized carbons (Fsp3) is 0.400. The molecule has 1 N–H and O–H groups in total. The van der Waals surface area contributed by atoms with Gasteiger partial charge in [0.15, 0.2) is 0 Å². The normalized spacial score (nSPS) is 20.4. The summed E-state index contributed by atoms with van der Waals surface area (Å²) in [6.07, 6.45) is 5.83. The quantitative estimate of drug-likeness (QED) is 0.769. The third-order valence-corrected chi connectivity index (χ3v) is 5.01. The lowest BCUT2D eigenvalue weighted by molar-refractivity contribution is -0.0304. The molecule has 136 valence electrons. The van der Waals surface area contributed by atoms with Gasteiger partial charge < -0.3 is 14.6 Å². The number of benzene rings is 1. The molecule has 0 amide bonds. The largest absolute Gasteiger partial charge is 0.384 e. The molecule has 4 rings (SSSR count). The zero-order valence-corrected chi connectivity index (χ0v) is 15.1. The second kappa shape index (κ2) is 7.03. The molecule has 0 unspecified atom stereocenters. The number of anilines is 1. The molecule has 3 heterocycles. The Kier molecular flexibility index (Phi) is 4.59. The van der Waals surface area contributed by atoms with E-state index >= 15 is 0 Å². The molecule has 2 aromatic heterocycles. The summed E-state index contributed by atoms with van der Waals surface area (Å²) >= 11 is 0. The van der Waals surface area contributed by atoms with Crippen molar-refractivity contribution < 1.29 is 9.13 Å². The molecule has 1 aromatic carbocycles. The van der Waals surface area contributed by atoms with Crippen molar-refractivity contribution in [3.63, 3.8) is 0 Å². The van der Waals surface area contributed by atoms with Crippen molar-refractivity contribution in [3.8, 4) is 0 Å². The molecule has 26 heavy (non-hydrogen) atoms. The van der Waals surface area contributed by atoms with Crippen LogP contribution in [0.4, 0.5) is 10.1 Å². The maximum absolute atomic E-state index is 13.7. The first-order valence-corrected chi connectivity index (χ1v) is 9.01. The molecular formula is C20H23FN4O. The molecule has 0 aliphatic carbocycles. The van der Waals surface area contributed by atoms with Crippen LogP contribution in [0.5, 0.6) is 0 Å². The average molecular weight is 354 g/mol. The first kappa shape index (κ1) is 17.0. The Morgan fingerprint density at radius 3 is 3.04 bits per heavy atom. The Bertz CT molecular complexity index is 923. The van der Waals surface area contributed by atoms with Gasteiger partial charge in [0.05, 0.1) is 5.52 Å². The Labute approximate surface area is 152 Å². The molecule has 6 heteroatoms. The SMILES string of the molecule is Cc1cc(NC[C@@H]2CCCO[C@H]2c2nccn2C)c2cc(F)ccc2n1. The lowest BCUT2D eigenvalue weighted by Gasteiger charge is -2.31. The number of hydrogen-bond acceptors (Lipinski definition) is 4. The molecule has 0 radical (unpaired) electrons. The van der Waals surface area contributed by atoms with Crippen molar-refractivity contribution >= 4 is 16.6 Å². The molecule has 0 saturated carbocycles. The summed E-state index contributed by atoms with van der Waals surface area (Å²) in [5.74, 6) is 1.01. The molecule has 1 fully saturated rings. The third-order valence-electron chi connectivity index (χ3n) is 5.01. The summed E-state index contributed by atoms with van der Waals surface area (Å²) in [6, 6.07) is 6.69. The second-order valence-corrected chi connectivity index (χ2v) is 6.94. The van der Waals surface area contributed by atoms with Crippen LogP contribution >= 0.6 is 0 Å². The minimum absolute atomic E-state index is 0.0258. The number of hydrogen-bond donors (Lipinski definition) is 1. The van der Waals surface area contributed by atoms with Gasteiger partial charge in [-0.05, 0) is 44.0 Å². The van der Waals surface area contributed by atoms with E-state index in [4.69, 9.17) is 4.74 Å². The lowest BCUT2D eigenvalue weighted by Crippen LogP contribution is -2.30. The topological polar surface area (TPSA) is 52.0 Å². The molecule has 3 aromatic rings. The van der Waals surface area contributed by atoms with Gasteiger partial charge in [-0.1, -0.05) is 0 Å². The molecular weight excluding hydrogens is 331 g/mol. The van der Waals surface area contributed by atoms with E-state index in [0.717, 1.165) is 54.1 Å². The van der Waals surface area contributed by atoms with Crippen molar-refractivity contribution in [3.05, 3.63) is 54.0 Å². The number of nitrogens with one attached hydrogen (secondary N) is 1. The van der Waals surface area contributed by atoms with E-state index in [1.165, 1.54) is 12.1 Å². The standard InChI is InChI=1S/C20H23FN4O/c1-13-10-18(16-11-15(21)5-6-17(16)24-13)23-12-14-4-3-9-26-19(14)20-22-7-8-25(20)2/h5-8,10-11,14,19H,3-4,9,12H2,1-2H3,(H,23,24)/t14-,19+/m0/s1. The number of pyridine rings is 1. The van der Waals surface area contributed by atoms with Gasteiger partial charge in [0.1, 0.15) is 17.7 Å². The summed E-state index contributed by atoms with van der Waals surface area (Å²) < 4.78 is 21.8. The van der Waals surface area contributed by atoms with E-state index in [0.29, 0.717) is 5.92 Å². The van der Waals surface area contributed by atoms with Gasteiger partial charge in [0, 0.05) is 55.3 Å². The van der Waals surface area contributed by atoms with Gasteiger partial charge in [-0.2, -0.15) is 0 Å². The van der Waals surface area contributed by atoms with Crippen LogP contribution in [0.2, 0.25) is 0 Å². The first-order chi connectivity index (χ1) is 12.6. The van der Waals surface area contributed by atoms with Crippen LogP contribution in [0.1, 0.15) is 30.5 Å². The number of halogens is 1. The summed E-state index contributed by atoms with van der Waals surface area (Å²) in [7, 11) is 1.99. The van der Waals surface area contributed by atoms with Gasteiger partial charge in [-0.15, -0.1) is 0 Å². The van der Waals surface area contributed by atoms with E-state index < -0.39 is 0 Å². The van der Waals surface area contributed by atoms with Crippen LogP contribution in [0.15, 0.2) is 36.7 Å². The smallest absolute Gasteiger partial charge is 0.138 e. The highest BCUT2D eigenvalue weighted by molar-refractivity contribution is 5.91. The van der Waals surface area contributed by atoms with E-state index in [1.54, 1.807) is 12.3 Å². The molecule has 2 atom stereocenters. The third kappa shape index (κ3) is 3.29. The van der Waals surface area contributed by atoms with Gasteiger partial charge in [0.25, 0.3) is 0 Å². The van der Waals surface area contributed by atoms with Crippen molar-refractivity contribution in [2.45, 2.75) is 25.9 Å². The van der Waals surface area contributed by atoms with Crippen molar-refractivity contribution in [2.75, 3.05) is 18.5 Å². The highest BCUT2D eigenvalue weighted by Crippen LogP contribution is 2.33. The Hall–Kier alpha value is -2.47. The molecule has 0 spiro atoms. The Balaban J connectivity index is 1.59. The Morgan fingerprint density at radius 1 is 1.35 bits per heavy atom. The van der Waals surface area contributed by atoms with Crippen LogP contribution < -0.4 is 5.32 Å². The van der Waals surface area contributed by atoms with Gasteiger partial charge in [-0.25, -0.2) is 9.37 Å². The van der Waals surface area contributed by atoms with Crippen molar-refractivity contribution in [2.24, 2.45) is 13.0 Å². The molecule has 1 aliphatic rings. The van der Waals surface area contributed by atoms with E-state index in [9.17, 15) is 4.39 Å². The number of nitrogens with zero attached hydrogens (tertiary/aromatic N) is 3. The van der Waals surface area contributed by atoms with Gasteiger partial charge in [-0.3, -0.25) is 4.98 Å². The number of ether oxygens (including phenoxy) is 1. The first-order valence-electron chi connectivity index (χ1n) is 9.01. The fourth-order valence-electron chi connectivity index (χ4n) is 3.71. The summed E-state index contributed by atoms with van der Waals surface area (Å²) in [6.45, 7) is 3.46. The fourth-order valence-corrected chi connectivity index (χ4v) is 3.71. The molecule has 5 nitrogen and oxygen atoms in total. The van der Waals surface area contributed by atoms with Gasteiger partial charge in [0.2, 0.25) is 0 Å². The van der Waals surface area contributed by atoms with Crippen molar-refractivity contribution in [1.29, 1.82) is 0 Å². The van der Waals surface area contributed by atoms with Crippen LogP contribution in [-0.4, -0.2) is 27.7 Å². The minimum atomic E-state index is -0.252. The van der Waals surface area contributed by atoms with Crippen LogP contribution in [0, 0.1) is 18.7 Å². The number of aromatic nitrogens is 3. The van der Waals surface area contributed by atoms with E-state index in [2.05, 4.69) is 15.3 Å². The second-order valence-electron chi connectivity index (χ2n) is 6.94. The molecule has 0 bridgehead atoms. The molecule has 1 aliphatic heterocycles. The Morgan fingerprint density at radius 2 is 2.23 bits per heavy atom. The van der Waals surface area contributed by atoms with Crippen molar-refractivity contribution in [1.82, 2.24) is 14.5 Å². The van der Waals surface area contributed by atoms with Crippen LogP contribution in [0.3, 0.4) is 0 Å². The zero-order valence-electron chi connectivity index (χ0n) is 15.1. The maximum atomic E-state index is 13.7. The summed E-state index contributed by atoms with van der Waals surface area (Å²) in [4.78, 5) is 8.97. The molecule has 1 saturated heterocycles. The number of rotatable bonds is 4. The predicted molar refractivity (Wildman–Crippen MR) is 99.6 cm³/mol. The monoisotopic (exact) mass is 354 g/mol. The summed E-state index contributed by atoms with van der Waals surface area (Å²) in [5, 5.41) is 4.32. The highest BCUT2D eigenvalue weighted by Gasteiger charge is 2.30. The van der Waals surface area contributed by atoms with Crippen LogP contribution in [0.25, 0.3) is 10.9 Å². The van der Waals surface area contributed by atoms with E-state index in [-0.39, 0.29) is 11.9 Å². The van der Waals surface area contributed by atoms with E-state index in [1.807, 2.05) is 30.8 Å². The predicted octanol–water partition coefficient (Wildman–Crippen LogP) is 4.00. The number of aryl methyl sites for hydroxylation is 2. The zero-order chi connectivity index (χ0) is 18.1. The van der Waals surface area contributed by atoms with Gasteiger partial charge >= 0.3 is 0 Å². The lowest BCUT2D eigenvalue weighted by atomic mass is 9.93. The number of imidazole rings is 1. The summed E-state index contributed by atoms with van der Waals surface area (Å²) in [5.41, 5.74) is 2.62. The van der Waals surface area contributed by atoms with Crippen LogP contribution in [-0.2, 0) is 11.8 Å². The average Bonchev–Trinajstić information content (AvgIpc) is 3.06. The number of fused-ring (bicyclic) bond motifs is 1. The maximum Gasteiger partial charge on any atom is 0.138 e. The minimum Gasteiger partial charge on any atom is -0.384 e.